The molecule has 1 heterocycles. The van der Waals surface area contributed by atoms with Crippen molar-refractivity contribution in [1.82, 2.24) is 0 Å². The Balaban J connectivity index is 2.47. The van der Waals surface area contributed by atoms with Gasteiger partial charge in [-0.25, -0.2) is 0 Å². The maximum absolute atomic E-state index is 6.21. The maximum atomic E-state index is 6.21. The Morgan fingerprint density at radius 1 is 1.35 bits per heavy atom. The molecular weight excluding hydrogens is 210 g/mol. The molecule has 0 amide bonds. The Hall–Kier alpha value is -1.02. The van der Waals surface area contributed by atoms with Crippen LogP contribution < -0.4 is 5.32 Å². The van der Waals surface area contributed by atoms with Gasteiger partial charge < -0.3 is 10.1 Å². The second-order valence-corrected chi connectivity index (χ2v) is 4.85. The summed E-state index contributed by atoms with van der Waals surface area (Å²) in [6.45, 7) is 8.42. The first-order valence-corrected chi connectivity index (χ1v) is 6.72. The largest absolute Gasteiger partial charge is 0.385 e. The van der Waals surface area contributed by atoms with Crippen LogP contribution in [0.3, 0.4) is 0 Å². The molecule has 2 heteroatoms. The standard InChI is InChI=1S/C15H23NO/c1-4-12(3)15(17-5-2)10-11-16-14-9-7-6-8-13(14)15/h6-9,12,16H,4-5,10-11H2,1-3H3. The van der Waals surface area contributed by atoms with E-state index in [0.29, 0.717) is 5.92 Å². The van der Waals surface area contributed by atoms with Gasteiger partial charge in [0, 0.05) is 24.4 Å². The predicted octanol–water partition coefficient (Wildman–Crippen LogP) is 3.78. The second-order valence-electron chi connectivity index (χ2n) is 4.85. The first-order chi connectivity index (χ1) is 8.24. The Morgan fingerprint density at radius 3 is 2.82 bits per heavy atom. The summed E-state index contributed by atoms with van der Waals surface area (Å²) in [6.07, 6.45) is 2.21. The van der Waals surface area contributed by atoms with E-state index in [4.69, 9.17) is 4.74 Å². The van der Waals surface area contributed by atoms with Crippen molar-refractivity contribution in [3.63, 3.8) is 0 Å². The first-order valence-electron chi connectivity index (χ1n) is 6.72. The molecule has 0 fully saturated rings. The van der Waals surface area contributed by atoms with E-state index in [1.807, 2.05) is 0 Å². The average molecular weight is 233 g/mol. The van der Waals surface area contributed by atoms with E-state index >= 15 is 0 Å². The number of anilines is 1. The zero-order valence-corrected chi connectivity index (χ0v) is 11.1. The minimum atomic E-state index is -0.0919. The number of nitrogens with one attached hydrogen (secondary N) is 1. The van der Waals surface area contributed by atoms with E-state index < -0.39 is 0 Å². The van der Waals surface area contributed by atoms with Crippen molar-refractivity contribution in [2.45, 2.75) is 39.2 Å². The summed E-state index contributed by atoms with van der Waals surface area (Å²) < 4.78 is 6.21. The highest BCUT2D eigenvalue weighted by atomic mass is 16.5. The van der Waals surface area contributed by atoms with Crippen LogP contribution in [0, 0.1) is 5.92 Å². The Morgan fingerprint density at radius 2 is 2.12 bits per heavy atom. The molecule has 0 aromatic heterocycles. The molecule has 94 valence electrons. The van der Waals surface area contributed by atoms with Crippen LogP contribution in [0.25, 0.3) is 0 Å². The molecule has 2 unspecified atom stereocenters. The normalized spacial score (nSPS) is 24.9. The summed E-state index contributed by atoms with van der Waals surface area (Å²) in [5.41, 5.74) is 2.49. The molecule has 0 aliphatic carbocycles. The van der Waals surface area contributed by atoms with Crippen molar-refractivity contribution in [1.29, 1.82) is 0 Å². The molecule has 1 aromatic rings. The number of benzene rings is 1. The summed E-state index contributed by atoms with van der Waals surface area (Å²) in [4.78, 5) is 0. The molecule has 2 nitrogen and oxygen atoms in total. The van der Waals surface area contributed by atoms with Crippen LogP contribution >= 0.6 is 0 Å². The van der Waals surface area contributed by atoms with Crippen LogP contribution in [0.4, 0.5) is 5.69 Å². The number of hydrogen-bond acceptors (Lipinski definition) is 2. The fourth-order valence-corrected chi connectivity index (χ4v) is 2.92. The molecule has 17 heavy (non-hydrogen) atoms. The lowest BCUT2D eigenvalue weighted by Crippen LogP contribution is -2.42. The fourth-order valence-electron chi connectivity index (χ4n) is 2.92. The van der Waals surface area contributed by atoms with Crippen LogP contribution in [0.5, 0.6) is 0 Å². The van der Waals surface area contributed by atoms with E-state index in [1.54, 1.807) is 0 Å². The molecular formula is C15H23NO. The van der Waals surface area contributed by atoms with E-state index in [1.165, 1.54) is 11.3 Å². The smallest absolute Gasteiger partial charge is 0.0992 e. The summed E-state index contributed by atoms with van der Waals surface area (Å²) in [7, 11) is 0. The number of hydrogen-bond donors (Lipinski definition) is 1. The molecule has 0 saturated heterocycles. The van der Waals surface area contributed by atoms with Crippen molar-refractivity contribution in [2.75, 3.05) is 18.5 Å². The number of ether oxygens (including phenoxy) is 1. The summed E-state index contributed by atoms with van der Waals surface area (Å²) in [6, 6.07) is 8.57. The lowest BCUT2D eigenvalue weighted by Gasteiger charge is -2.43. The van der Waals surface area contributed by atoms with Gasteiger partial charge in [-0.05, 0) is 25.3 Å². The average Bonchev–Trinajstić information content (AvgIpc) is 2.38. The minimum absolute atomic E-state index is 0.0919. The van der Waals surface area contributed by atoms with Crippen LogP contribution in [0.15, 0.2) is 24.3 Å². The van der Waals surface area contributed by atoms with Gasteiger partial charge in [0.2, 0.25) is 0 Å². The first kappa shape index (κ1) is 12.4. The van der Waals surface area contributed by atoms with E-state index in [9.17, 15) is 0 Å². The summed E-state index contributed by atoms with van der Waals surface area (Å²) >= 11 is 0. The van der Waals surface area contributed by atoms with Gasteiger partial charge in [-0.2, -0.15) is 0 Å². The highest BCUT2D eigenvalue weighted by Crippen LogP contribution is 2.44. The van der Waals surface area contributed by atoms with Crippen LogP contribution in [0.1, 0.15) is 39.2 Å². The zero-order valence-electron chi connectivity index (χ0n) is 11.1. The molecule has 0 spiro atoms. The van der Waals surface area contributed by atoms with Gasteiger partial charge in [0.05, 0.1) is 5.60 Å². The van der Waals surface area contributed by atoms with E-state index in [-0.39, 0.29) is 5.60 Å². The molecule has 1 aromatic carbocycles. The highest BCUT2D eigenvalue weighted by Gasteiger charge is 2.41. The molecule has 0 saturated carbocycles. The lowest BCUT2D eigenvalue weighted by molar-refractivity contribution is -0.0905. The summed E-state index contributed by atoms with van der Waals surface area (Å²) in [5, 5.41) is 3.47. The molecule has 1 aliphatic heterocycles. The van der Waals surface area contributed by atoms with Crippen molar-refractivity contribution in [2.24, 2.45) is 5.92 Å². The predicted molar refractivity (Wildman–Crippen MR) is 72.3 cm³/mol. The molecule has 0 bridgehead atoms. The number of rotatable bonds is 4. The van der Waals surface area contributed by atoms with E-state index in [2.05, 4.69) is 50.4 Å². The fraction of sp³-hybridized carbons (Fsp3) is 0.600. The van der Waals surface area contributed by atoms with Crippen LogP contribution in [0.2, 0.25) is 0 Å². The third-order valence-electron chi connectivity index (χ3n) is 4.01. The maximum Gasteiger partial charge on any atom is 0.0992 e. The Labute approximate surface area is 104 Å². The third kappa shape index (κ3) is 2.06. The van der Waals surface area contributed by atoms with E-state index in [0.717, 1.165) is 26.0 Å². The van der Waals surface area contributed by atoms with Crippen LogP contribution in [-0.4, -0.2) is 13.2 Å². The zero-order chi connectivity index (χ0) is 12.3. The molecule has 1 aliphatic rings. The molecule has 1 N–H and O–H groups in total. The van der Waals surface area contributed by atoms with Crippen molar-refractivity contribution >= 4 is 5.69 Å². The second kappa shape index (κ2) is 5.09. The number of fused-ring (bicyclic) bond motifs is 1. The molecule has 2 rings (SSSR count). The molecule has 2 atom stereocenters. The topological polar surface area (TPSA) is 21.3 Å². The van der Waals surface area contributed by atoms with Gasteiger partial charge in [0.25, 0.3) is 0 Å². The van der Waals surface area contributed by atoms with Crippen molar-refractivity contribution in [3.8, 4) is 0 Å². The van der Waals surface area contributed by atoms with Gasteiger partial charge in [0.1, 0.15) is 0 Å². The molecule has 0 radical (unpaired) electrons. The Kier molecular flexibility index (Phi) is 3.72. The van der Waals surface area contributed by atoms with Gasteiger partial charge in [-0.3, -0.25) is 0 Å². The Bertz CT molecular complexity index is 377. The third-order valence-corrected chi connectivity index (χ3v) is 4.01. The van der Waals surface area contributed by atoms with Gasteiger partial charge in [0.15, 0.2) is 0 Å². The quantitative estimate of drug-likeness (QED) is 0.854. The van der Waals surface area contributed by atoms with Gasteiger partial charge >= 0.3 is 0 Å². The van der Waals surface area contributed by atoms with Crippen LogP contribution in [-0.2, 0) is 10.3 Å². The highest BCUT2D eigenvalue weighted by molar-refractivity contribution is 5.56. The number of para-hydroxylation sites is 1. The lowest BCUT2D eigenvalue weighted by atomic mass is 9.75. The summed E-state index contributed by atoms with van der Waals surface area (Å²) in [5.74, 6) is 0.547. The van der Waals surface area contributed by atoms with Gasteiger partial charge in [-0.15, -0.1) is 0 Å². The monoisotopic (exact) mass is 233 g/mol. The van der Waals surface area contributed by atoms with Crippen molar-refractivity contribution < 1.29 is 4.74 Å². The van der Waals surface area contributed by atoms with Gasteiger partial charge in [-0.1, -0.05) is 38.5 Å². The van der Waals surface area contributed by atoms with Crippen molar-refractivity contribution in [3.05, 3.63) is 29.8 Å². The SMILES string of the molecule is CCOC1(C(C)CC)CCNc2ccccc21. The minimum Gasteiger partial charge on any atom is -0.385 e.